The van der Waals surface area contributed by atoms with E-state index in [1.807, 2.05) is 48.2 Å². The van der Waals surface area contributed by atoms with Crippen LogP contribution in [0.1, 0.15) is 25.5 Å². The van der Waals surface area contributed by atoms with Crippen molar-refractivity contribution < 1.29 is 14.3 Å². The Kier molecular flexibility index (Phi) is 7.09. The number of carbonyl (C=O) groups excluding carboxylic acids is 1. The zero-order chi connectivity index (χ0) is 25.0. The molecule has 1 saturated heterocycles. The highest BCUT2D eigenvalue weighted by atomic mass is 16.5. The summed E-state index contributed by atoms with van der Waals surface area (Å²) in [5.41, 5.74) is 7.75. The molecule has 3 N–H and O–H groups in total. The van der Waals surface area contributed by atoms with Gasteiger partial charge in [0.25, 0.3) is 0 Å². The fourth-order valence-corrected chi connectivity index (χ4v) is 4.73. The number of ether oxygens (including phenoxy) is 2. The minimum absolute atomic E-state index is 0.0227. The topological polar surface area (TPSA) is 119 Å². The summed E-state index contributed by atoms with van der Waals surface area (Å²) in [7, 11) is 5.13. The molecule has 0 atom stereocenters. The number of hydrogen-bond donors (Lipinski definition) is 2. The molecule has 1 aromatic carbocycles. The smallest absolute Gasteiger partial charge is 0.317 e. The number of nitrogens with two attached hydrogens (primary N) is 1. The van der Waals surface area contributed by atoms with Crippen molar-refractivity contribution in [2.75, 3.05) is 58.1 Å². The van der Waals surface area contributed by atoms with Crippen molar-refractivity contribution in [2.45, 2.75) is 25.2 Å². The Morgan fingerprint density at radius 3 is 2.51 bits per heavy atom. The number of amides is 2. The highest BCUT2D eigenvalue weighted by Gasteiger charge is 2.40. The Hall–Kier alpha value is -3.82. The number of pyridine rings is 1. The Balaban J connectivity index is 1.64. The van der Waals surface area contributed by atoms with Crippen LogP contribution in [0.25, 0.3) is 10.9 Å². The van der Waals surface area contributed by atoms with Crippen LogP contribution in [0.15, 0.2) is 36.5 Å². The number of nitrogens with one attached hydrogen (secondary N) is 1. The molecule has 10 nitrogen and oxygen atoms in total. The zero-order valence-electron chi connectivity index (χ0n) is 20.7. The van der Waals surface area contributed by atoms with Crippen LogP contribution in [0, 0.1) is 0 Å². The van der Waals surface area contributed by atoms with Crippen LogP contribution < -0.4 is 25.4 Å². The Morgan fingerprint density at radius 1 is 1.17 bits per heavy atom. The number of likely N-dealkylation sites (tertiary alicyclic amines) is 1. The molecule has 0 aliphatic carbocycles. The molecular formula is C25H33N7O3. The highest BCUT2D eigenvalue weighted by Crippen LogP contribution is 2.37. The van der Waals surface area contributed by atoms with E-state index in [2.05, 4.69) is 16.4 Å². The largest absolute Gasteiger partial charge is 0.493 e. The summed E-state index contributed by atoms with van der Waals surface area (Å²) < 4.78 is 10.8. The lowest BCUT2D eigenvalue weighted by molar-refractivity contribution is 0.157. The molecule has 10 heteroatoms. The first-order valence-corrected chi connectivity index (χ1v) is 11.8. The minimum Gasteiger partial charge on any atom is -0.493 e. The number of nitrogen functional groups attached to an aromatic ring is 1. The third kappa shape index (κ3) is 4.87. The number of hydrogen-bond acceptors (Lipinski definition) is 8. The summed E-state index contributed by atoms with van der Waals surface area (Å²) in [5, 5.41) is 3.60. The fraction of sp³-hybridized carbons (Fsp3) is 0.440. The second kappa shape index (κ2) is 10.2. The number of urea groups is 1. The molecule has 2 amide bonds. The summed E-state index contributed by atoms with van der Waals surface area (Å²) in [6.07, 6.45) is 3.37. The minimum atomic E-state index is -0.260. The van der Waals surface area contributed by atoms with Gasteiger partial charge in [0.15, 0.2) is 11.5 Å². The molecular weight excluding hydrogens is 446 g/mol. The normalized spacial score (nSPS) is 15.0. The van der Waals surface area contributed by atoms with Crippen LogP contribution in [0.2, 0.25) is 0 Å². The second-order valence-corrected chi connectivity index (χ2v) is 8.81. The van der Waals surface area contributed by atoms with Gasteiger partial charge in [-0.1, -0.05) is 6.07 Å². The van der Waals surface area contributed by atoms with E-state index < -0.39 is 0 Å². The lowest BCUT2D eigenvalue weighted by atomic mass is 9.75. The van der Waals surface area contributed by atoms with Gasteiger partial charge in [-0.2, -0.15) is 4.98 Å². The maximum Gasteiger partial charge on any atom is 0.317 e. The maximum atomic E-state index is 12.4. The summed E-state index contributed by atoms with van der Waals surface area (Å²) in [5.74, 6) is 2.04. The van der Waals surface area contributed by atoms with E-state index in [9.17, 15) is 4.79 Å². The first-order chi connectivity index (χ1) is 16.9. The summed E-state index contributed by atoms with van der Waals surface area (Å²) in [6, 6.07) is 9.56. The van der Waals surface area contributed by atoms with Gasteiger partial charge in [0, 0.05) is 62.0 Å². The predicted octanol–water partition coefficient (Wildman–Crippen LogP) is 2.82. The average molecular weight is 480 g/mol. The number of benzene rings is 1. The number of aromatic nitrogens is 3. The van der Waals surface area contributed by atoms with Crippen molar-refractivity contribution in [1.29, 1.82) is 0 Å². The monoisotopic (exact) mass is 479 g/mol. The molecule has 0 bridgehead atoms. The van der Waals surface area contributed by atoms with Crippen molar-refractivity contribution in [3.8, 4) is 11.5 Å². The molecule has 0 radical (unpaired) electrons. The van der Waals surface area contributed by atoms with Gasteiger partial charge in [0.05, 0.1) is 19.7 Å². The van der Waals surface area contributed by atoms with E-state index >= 15 is 0 Å². The predicted molar refractivity (Wildman–Crippen MR) is 136 cm³/mol. The summed E-state index contributed by atoms with van der Waals surface area (Å²) in [6.45, 7) is 4.46. The molecule has 1 fully saturated rings. The number of likely N-dealkylation sites (N-methyl/N-ethyl adjacent to an activating group) is 1. The van der Waals surface area contributed by atoms with E-state index in [1.54, 1.807) is 20.3 Å². The standard InChI is InChI=1S/C25H33N7O3/c1-5-27-24(33)32-12-9-25(10-13-32,21-8-6-7-11-28-21)16-31(2)23-29-18-15-20(35-4)19(34-3)14-17(18)22(26)30-23/h6-8,11,14-15H,5,9-10,12-13,16H2,1-4H3,(H,27,33)(H2,26,29,30). The van der Waals surface area contributed by atoms with Gasteiger partial charge in [0.1, 0.15) is 5.82 Å². The van der Waals surface area contributed by atoms with Gasteiger partial charge in [-0.3, -0.25) is 4.98 Å². The number of carbonyl (C=O) groups is 1. The van der Waals surface area contributed by atoms with Gasteiger partial charge in [0.2, 0.25) is 5.95 Å². The molecule has 0 saturated carbocycles. The number of rotatable bonds is 7. The average Bonchev–Trinajstić information content (AvgIpc) is 2.88. The second-order valence-electron chi connectivity index (χ2n) is 8.81. The molecule has 1 aliphatic rings. The molecule has 4 rings (SSSR count). The van der Waals surface area contributed by atoms with E-state index in [1.165, 1.54) is 0 Å². The third-order valence-electron chi connectivity index (χ3n) is 6.64. The zero-order valence-corrected chi connectivity index (χ0v) is 20.7. The van der Waals surface area contributed by atoms with E-state index in [4.69, 9.17) is 25.2 Å². The Labute approximate surface area is 205 Å². The van der Waals surface area contributed by atoms with E-state index in [0.29, 0.717) is 60.3 Å². The summed E-state index contributed by atoms with van der Waals surface area (Å²) >= 11 is 0. The van der Waals surface area contributed by atoms with Crippen molar-refractivity contribution in [3.63, 3.8) is 0 Å². The van der Waals surface area contributed by atoms with Gasteiger partial charge in [-0.25, -0.2) is 9.78 Å². The van der Waals surface area contributed by atoms with Gasteiger partial charge >= 0.3 is 6.03 Å². The lowest BCUT2D eigenvalue weighted by Crippen LogP contribution is -2.52. The SMILES string of the molecule is CCNC(=O)N1CCC(CN(C)c2nc(N)c3cc(OC)c(OC)cc3n2)(c2ccccn2)CC1. The van der Waals surface area contributed by atoms with Crippen LogP contribution in [0.3, 0.4) is 0 Å². The molecule has 0 spiro atoms. The van der Waals surface area contributed by atoms with Gasteiger partial charge in [-0.15, -0.1) is 0 Å². The highest BCUT2D eigenvalue weighted by molar-refractivity contribution is 5.91. The first-order valence-electron chi connectivity index (χ1n) is 11.8. The number of anilines is 2. The number of fused-ring (bicyclic) bond motifs is 1. The molecule has 186 valence electrons. The quantitative estimate of drug-likeness (QED) is 0.531. The van der Waals surface area contributed by atoms with Crippen molar-refractivity contribution >= 4 is 28.7 Å². The molecule has 0 unspecified atom stereocenters. The fourth-order valence-electron chi connectivity index (χ4n) is 4.73. The van der Waals surface area contributed by atoms with E-state index in [0.717, 1.165) is 18.5 Å². The van der Waals surface area contributed by atoms with Gasteiger partial charge in [-0.05, 0) is 38.0 Å². The molecule has 3 heterocycles. The summed E-state index contributed by atoms with van der Waals surface area (Å²) in [4.78, 5) is 30.3. The number of piperidine rings is 1. The molecule has 35 heavy (non-hydrogen) atoms. The van der Waals surface area contributed by atoms with Crippen LogP contribution in [-0.4, -0.2) is 73.3 Å². The van der Waals surface area contributed by atoms with Crippen molar-refractivity contribution in [2.24, 2.45) is 0 Å². The molecule has 3 aromatic rings. The van der Waals surface area contributed by atoms with Crippen LogP contribution in [0.5, 0.6) is 11.5 Å². The van der Waals surface area contributed by atoms with Crippen LogP contribution >= 0.6 is 0 Å². The van der Waals surface area contributed by atoms with Gasteiger partial charge < -0.3 is 30.3 Å². The first kappa shape index (κ1) is 24.3. The van der Waals surface area contributed by atoms with Crippen molar-refractivity contribution in [1.82, 2.24) is 25.2 Å². The van der Waals surface area contributed by atoms with E-state index in [-0.39, 0.29) is 11.4 Å². The number of methoxy groups -OCH3 is 2. The Morgan fingerprint density at radius 2 is 1.89 bits per heavy atom. The third-order valence-corrected chi connectivity index (χ3v) is 6.64. The molecule has 2 aromatic heterocycles. The lowest BCUT2D eigenvalue weighted by Gasteiger charge is -2.43. The molecule has 1 aliphatic heterocycles. The maximum absolute atomic E-state index is 12.4. The van der Waals surface area contributed by atoms with Crippen LogP contribution in [0.4, 0.5) is 16.6 Å². The van der Waals surface area contributed by atoms with Crippen LogP contribution in [-0.2, 0) is 5.41 Å². The Bertz CT molecular complexity index is 1180. The van der Waals surface area contributed by atoms with Crippen molar-refractivity contribution in [3.05, 3.63) is 42.2 Å². The number of nitrogens with zero attached hydrogens (tertiary/aromatic N) is 5.